The quantitative estimate of drug-likeness (QED) is 0.443. The van der Waals surface area contributed by atoms with Gasteiger partial charge in [-0.25, -0.2) is 8.78 Å². The average Bonchev–Trinajstić information content (AvgIpc) is 3.29. The van der Waals surface area contributed by atoms with E-state index in [4.69, 9.17) is 14.2 Å². The average molecular weight is 424 g/mol. The highest BCUT2D eigenvalue weighted by Gasteiger charge is 2.65. The van der Waals surface area contributed by atoms with Crippen LogP contribution >= 0.6 is 0 Å². The number of ether oxygens (including phenoxy) is 3. The molecule has 0 radical (unpaired) electrons. The van der Waals surface area contributed by atoms with Crippen molar-refractivity contribution >= 4 is 5.97 Å². The maximum Gasteiger partial charge on any atom is 0.313 e. The molecule has 160 valence electrons. The van der Waals surface area contributed by atoms with Crippen molar-refractivity contribution in [1.82, 2.24) is 0 Å². The first-order valence-electron chi connectivity index (χ1n) is 9.95. The van der Waals surface area contributed by atoms with Crippen LogP contribution in [0.1, 0.15) is 19.4 Å². The topological polar surface area (TPSA) is 44.8 Å². The van der Waals surface area contributed by atoms with Gasteiger partial charge < -0.3 is 14.2 Å². The first-order chi connectivity index (χ1) is 14.8. The fraction of sp³-hybridized carbons (Fsp3) is 0.240. The van der Waals surface area contributed by atoms with Gasteiger partial charge in [0.05, 0.1) is 0 Å². The summed E-state index contributed by atoms with van der Waals surface area (Å²) < 4.78 is 43.9. The standard InChI is InChI=1S/C25H22F2O4/c1-25(2)22(23(25)31-21-12-11-17(26)14-20(21)27)24(28)29-15-16-7-6-10-19(13-16)30-18-8-4-3-5-9-18/h3-14,22-23H,15H2,1-2H3. The van der Waals surface area contributed by atoms with Crippen molar-refractivity contribution in [2.75, 3.05) is 0 Å². The Kier molecular flexibility index (Phi) is 5.63. The van der Waals surface area contributed by atoms with Crippen molar-refractivity contribution < 1.29 is 27.8 Å². The lowest BCUT2D eigenvalue weighted by molar-refractivity contribution is -0.147. The molecule has 0 saturated heterocycles. The third-order valence-electron chi connectivity index (χ3n) is 5.39. The second-order valence-electron chi connectivity index (χ2n) is 8.08. The summed E-state index contributed by atoms with van der Waals surface area (Å²) in [6.45, 7) is 3.77. The van der Waals surface area contributed by atoms with Gasteiger partial charge >= 0.3 is 5.97 Å². The molecule has 3 aromatic carbocycles. The summed E-state index contributed by atoms with van der Waals surface area (Å²) in [5.41, 5.74) is 0.262. The molecule has 6 heteroatoms. The molecule has 0 bridgehead atoms. The van der Waals surface area contributed by atoms with Gasteiger partial charge in [-0.05, 0) is 42.0 Å². The van der Waals surface area contributed by atoms with E-state index in [2.05, 4.69) is 0 Å². The number of halogens is 2. The van der Waals surface area contributed by atoms with E-state index < -0.39 is 35.0 Å². The monoisotopic (exact) mass is 424 g/mol. The molecule has 2 atom stereocenters. The Morgan fingerprint density at radius 2 is 1.68 bits per heavy atom. The van der Waals surface area contributed by atoms with Gasteiger partial charge in [0, 0.05) is 11.5 Å². The first-order valence-corrected chi connectivity index (χ1v) is 9.95. The minimum Gasteiger partial charge on any atom is -0.486 e. The van der Waals surface area contributed by atoms with E-state index in [9.17, 15) is 13.6 Å². The molecule has 0 amide bonds. The molecule has 31 heavy (non-hydrogen) atoms. The second-order valence-corrected chi connectivity index (χ2v) is 8.08. The zero-order valence-corrected chi connectivity index (χ0v) is 17.2. The van der Waals surface area contributed by atoms with Crippen LogP contribution in [0.15, 0.2) is 72.8 Å². The third kappa shape index (κ3) is 4.68. The predicted molar refractivity (Wildman–Crippen MR) is 111 cm³/mol. The van der Waals surface area contributed by atoms with Gasteiger partial charge in [-0.3, -0.25) is 4.79 Å². The van der Waals surface area contributed by atoms with E-state index in [1.165, 1.54) is 6.07 Å². The summed E-state index contributed by atoms with van der Waals surface area (Å²) in [4.78, 5) is 12.6. The van der Waals surface area contributed by atoms with E-state index in [1.807, 2.05) is 62.4 Å². The minimum atomic E-state index is -0.801. The van der Waals surface area contributed by atoms with Gasteiger partial charge in [0.1, 0.15) is 35.9 Å². The fourth-order valence-electron chi connectivity index (χ4n) is 3.51. The Morgan fingerprint density at radius 3 is 2.42 bits per heavy atom. The lowest BCUT2D eigenvalue weighted by Crippen LogP contribution is -2.13. The maximum atomic E-state index is 13.9. The third-order valence-corrected chi connectivity index (χ3v) is 5.39. The molecule has 3 aromatic rings. The van der Waals surface area contributed by atoms with Crippen LogP contribution in [0.25, 0.3) is 0 Å². The van der Waals surface area contributed by atoms with E-state index in [0.717, 1.165) is 17.7 Å². The molecular formula is C25H22F2O4. The van der Waals surface area contributed by atoms with Crippen LogP contribution in [-0.2, 0) is 16.1 Å². The number of carbonyl (C=O) groups excluding carboxylic acids is 1. The number of esters is 1. The molecule has 0 aromatic heterocycles. The van der Waals surface area contributed by atoms with E-state index in [0.29, 0.717) is 11.5 Å². The highest BCUT2D eigenvalue weighted by Crippen LogP contribution is 2.54. The van der Waals surface area contributed by atoms with E-state index in [-0.39, 0.29) is 12.4 Å². The fourth-order valence-corrected chi connectivity index (χ4v) is 3.51. The summed E-state index contributed by atoms with van der Waals surface area (Å²) >= 11 is 0. The number of para-hydroxylation sites is 1. The predicted octanol–water partition coefficient (Wildman–Crippen LogP) is 5.90. The van der Waals surface area contributed by atoms with Crippen LogP contribution in [0.3, 0.4) is 0 Å². The summed E-state index contributed by atoms with van der Waals surface area (Å²) in [5.74, 6) is -1.18. The summed E-state index contributed by atoms with van der Waals surface area (Å²) in [6, 6.07) is 19.8. The largest absolute Gasteiger partial charge is 0.486 e. The van der Waals surface area contributed by atoms with Crippen molar-refractivity contribution in [2.45, 2.75) is 26.6 Å². The number of carbonyl (C=O) groups is 1. The molecule has 4 rings (SSSR count). The minimum absolute atomic E-state index is 0.0784. The smallest absolute Gasteiger partial charge is 0.313 e. The Balaban J connectivity index is 1.36. The van der Waals surface area contributed by atoms with E-state index in [1.54, 1.807) is 6.07 Å². The highest BCUT2D eigenvalue weighted by atomic mass is 19.1. The zero-order chi connectivity index (χ0) is 22.0. The molecule has 1 saturated carbocycles. The summed E-state index contributed by atoms with van der Waals surface area (Å²) in [6.07, 6.45) is -0.548. The molecule has 1 aliphatic rings. The molecule has 4 nitrogen and oxygen atoms in total. The SMILES string of the molecule is CC1(C)C(Oc2ccc(F)cc2F)C1C(=O)OCc1cccc(Oc2ccccc2)c1. The first kappa shape index (κ1) is 20.8. The van der Waals surface area contributed by atoms with Crippen LogP contribution in [0.5, 0.6) is 17.2 Å². The highest BCUT2D eigenvalue weighted by molar-refractivity contribution is 5.78. The maximum absolute atomic E-state index is 13.9. The van der Waals surface area contributed by atoms with Crippen LogP contribution in [0, 0.1) is 23.0 Å². The van der Waals surface area contributed by atoms with Crippen LogP contribution in [-0.4, -0.2) is 12.1 Å². The van der Waals surface area contributed by atoms with Crippen LogP contribution in [0.2, 0.25) is 0 Å². The summed E-state index contributed by atoms with van der Waals surface area (Å²) in [7, 11) is 0. The molecule has 2 unspecified atom stereocenters. The Morgan fingerprint density at radius 1 is 0.935 bits per heavy atom. The Labute approximate surface area is 179 Å². The second kappa shape index (κ2) is 8.38. The van der Waals surface area contributed by atoms with Gasteiger partial charge in [-0.1, -0.05) is 44.2 Å². The van der Waals surface area contributed by atoms with Crippen molar-refractivity contribution in [1.29, 1.82) is 0 Å². The number of hydrogen-bond acceptors (Lipinski definition) is 4. The van der Waals surface area contributed by atoms with Gasteiger partial charge in [0.2, 0.25) is 0 Å². The molecule has 0 N–H and O–H groups in total. The number of rotatable bonds is 7. The van der Waals surface area contributed by atoms with Gasteiger partial charge in [-0.15, -0.1) is 0 Å². The lowest BCUT2D eigenvalue weighted by atomic mass is 10.1. The van der Waals surface area contributed by atoms with Gasteiger partial charge in [0.15, 0.2) is 11.6 Å². The lowest BCUT2D eigenvalue weighted by Gasteiger charge is -2.09. The van der Waals surface area contributed by atoms with Crippen LogP contribution < -0.4 is 9.47 Å². The molecule has 0 spiro atoms. The van der Waals surface area contributed by atoms with Gasteiger partial charge in [-0.2, -0.15) is 0 Å². The normalized spacial score (nSPS) is 18.8. The number of hydrogen-bond donors (Lipinski definition) is 0. The Hall–Kier alpha value is -3.41. The van der Waals surface area contributed by atoms with Crippen LogP contribution in [0.4, 0.5) is 8.78 Å². The molecule has 0 aliphatic heterocycles. The zero-order valence-electron chi connectivity index (χ0n) is 17.2. The van der Waals surface area contributed by atoms with Gasteiger partial charge in [0.25, 0.3) is 0 Å². The molecular weight excluding hydrogens is 402 g/mol. The summed E-state index contributed by atoms with van der Waals surface area (Å²) in [5, 5.41) is 0. The van der Waals surface area contributed by atoms with Crippen molar-refractivity contribution in [3.8, 4) is 17.2 Å². The van der Waals surface area contributed by atoms with Crippen molar-refractivity contribution in [3.63, 3.8) is 0 Å². The van der Waals surface area contributed by atoms with Crippen molar-refractivity contribution in [3.05, 3.63) is 90.0 Å². The Bertz CT molecular complexity index is 1080. The van der Waals surface area contributed by atoms with E-state index >= 15 is 0 Å². The number of benzene rings is 3. The molecule has 1 fully saturated rings. The molecule has 0 heterocycles. The molecule has 1 aliphatic carbocycles. The van der Waals surface area contributed by atoms with Crippen molar-refractivity contribution in [2.24, 2.45) is 11.3 Å².